The number of benzene rings is 2. The molecule has 3 unspecified atom stereocenters. The standard InChI is InChI=1S/C46H56ClF6N9O4S2/c47-42-36-25-59(67(63,64)46(51,52)53)27-41(44-18-31(19-44)20-44)62(40(36)14-13-37(42)45(48,49)50)26-38-43(57-29-56-38)32-9-5-16-58(17-15-32)68(65,66)60-22-33-8-3-4-10-39(33)61(23-34-21-54-28-55-34)35(24-60)12-11-30-6-1-2-7-30/h3-4,8,10,13-14,21,28-32,35,41H,1-2,5-7,9,11-12,15-20,22-27H2,(H,54,55)(H,56,57). The molecule has 3 atom stereocenters. The minimum atomic E-state index is -5.99. The van der Waals surface area contributed by atoms with E-state index < -0.39 is 67.0 Å². The second-order valence-electron chi connectivity index (χ2n) is 20.0. The van der Waals surface area contributed by atoms with Crippen molar-refractivity contribution in [2.75, 3.05) is 36.0 Å². The number of hydrogen-bond acceptors (Lipinski definition) is 8. The summed E-state index contributed by atoms with van der Waals surface area (Å²) in [5.74, 6) is 0.707. The Hall–Kier alpha value is -3.89. The first-order valence-electron chi connectivity index (χ1n) is 23.6. The van der Waals surface area contributed by atoms with E-state index in [-0.39, 0.29) is 53.7 Å². The maximum absolute atomic E-state index is 15.0. The van der Waals surface area contributed by atoms with Gasteiger partial charge in [0.1, 0.15) is 0 Å². The molecule has 2 aromatic carbocycles. The van der Waals surface area contributed by atoms with Crippen LogP contribution in [0.4, 0.5) is 37.7 Å². The molecule has 3 aliphatic heterocycles. The fraction of sp³-hybridized carbons (Fsp3) is 0.609. The smallest absolute Gasteiger partial charge is 0.361 e. The number of imidazole rings is 2. The quantitative estimate of drug-likeness (QED) is 0.134. The lowest BCUT2D eigenvalue weighted by molar-refractivity contribution is -0.137. The first-order chi connectivity index (χ1) is 32.3. The Kier molecular flexibility index (Phi) is 12.7. The lowest BCUT2D eigenvalue weighted by atomic mass is 9.41. The van der Waals surface area contributed by atoms with Crippen LogP contribution in [0.5, 0.6) is 0 Å². The van der Waals surface area contributed by atoms with Crippen LogP contribution in [0.15, 0.2) is 55.2 Å². The average molecular weight is 1010 g/mol. The molecule has 2 bridgehead atoms. The van der Waals surface area contributed by atoms with E-state index in [1.54, 1.807) is 26.0 Å². The Labute approximate surface area is 397 Å². The van der Waals surface area contributed by atoms with Crippen molar-refractivity contribution < 1.29 is 43.2 Å². The van der Waals surface area contributed by atoms with Crippen molar-refractivity contribution in [3.63, 3.8) is 0 Å². The highest BCUT2D eigenvalue weighted by molar-refractivity contribution is 7.90. The number of sulfonamides is 1. The molecule has 11 rings (SSSR count). The van der Waals surface area contributed by atoms with Crippen LogP contribution in [0.3, 0.4) is 0 Å². The van der Waals surface area contributed by atoms with Crippen LogP contribution in [-0.4, -0.2) is 93.5 Å². The molecule has 68 heavy (non-hydrogen) atoms. The highest BCUT2D eigenvalue weighted by atomic mass is 35.5. The molecule has 4 saturated carbocycles. The zero-order valence-corrected chi connectivity index (χ0v) is 39.8. The number of alkyl halides is 6. The molecule has 13 nitrogen and oxygen atoms in total. The summed E-state index contributed by atoms with van der Waals surface area (Å²) in [6.07, 6.45) is 10.1. The topological polar surface area (TPSA) is 142 Å². The van der Waals surface area contributed by atoms with Crippen LogP contribution in [-0.2, 0) is 52.6 Å². The van der Waals surface area contributed by atoms with Gasteiger partial charge in [0, 0.05) is 80.4 Å². The Morgan fingerprint density at radius 2 is 1.53 bits per heavy atom. The van der Waals surface area contributed by atoms with E-state index in [1.165, 1.54) is 38.1 Å². The van der Waals surface area contributed by atoms with E-state index in [9.17, 15) is 43.2 Å². The van der Waals surface area contributed by atoms with Crippen LogP contribution in [0, 0.1) is 17.3 Å². The third-order valence-electron chi connectivity index (χ3n) is 15.9. The van der Waals surface area contributed by atoms with Crippen molar-refractivity contribution in [1.82, 2.24) is 32.9 Å². The number of nitrogens with one attached hydrogen (secondary N) is 2. The van der Waals surface area contributed by atoms with Gasteiger partial charge in [-0.1, -0.05) is 55.5 Å². The lowest BCUT2D eigenvalue weighted by Crippen LogP contribution is -2.66. The van der Waals surface area contributed by atoms with E-state index in [0.29, 0.717) is 74.8 Å². The summed E-state index contributed by atoms with van der Waals surface area (Å²) < 4.78 is 145. The lowest BCUT2D eigenvalue weighted by Gasteiger charge is -2.67. The normalized spacial score (nSPS) is 26.9. The zero-order valence-electron chi connectivity index (χ0n) is 37.5. The van der Waals surface area contributed by atoms with Crippen molar-refractivity contribution in [3.8, 4) is 0 Å². The number of anilines is 2. The molecule has 0 radical (unpaired) electrons. The summed E-state index contributed by atoms with van der Waals surface area (Å²) >= 11 is 6.45. The average Bonchev–Trinajstić information content (AvgIpc) is 3.99. The molecule has 4 aliphatic carbocycles. The molecule has 2 N–H and O–H groups in total. The van der Waals surface area contributed by atoms with Gasteiger partial charge in [0.25, 0.3) is 10.2 Å². The Bertz CT molecular complexity index is 2680. The van der Waals surface area contributed by atoms with Crippen molar-refractivity contribution in [2.45, 2.75) is 133 Å². The number of rotatable bonds is 12. The second-order valence-corrected chi connectivity index (χ2v) is 24.2. The third kappa shape index (κ3) is 8.83. The van der Waals surface area contributed by atoms with E-state index >= 15 is 0 Å². The van der Waals surface area contributed by atoms with Gasteiger partial charge in [-0.15, -0.1) is 0 Å². The summed E-state index contributed by atoms with van der Waals surface area (Å²) in [5, 5.41) is -0.853. The van der Waals surface area contributed by atoms with Gasteiger partial charge in [0.2, 0.25) is 0 Å². The van der Waals surface area contributed by atoms with Crippen LogP contribution < -0.4 is 9.80 Å². The van der Waals surface area contributed by atoms with E-state index in [2.05, 4.69) is 25.9 Å². The zero-order chi connectivity index (χ0) is 47.8. The van der Waals surface area contributed by atoms with Gasteiger partial charge in [-0.25, -0.2) is 18.4 Å². The van der Waals surface area contributed by atoms with Gasteiger partial charge in [-0.2, -0.15) is 47.7 Å². The maximum Gasteiger partial charge on any atom is 0.511 e. The van der Waals surface area contributed by atoms with Crippen molar-refractivity contribution in [3.05, 3.63) is 94.0 Å². The molecular formula is C46H56ClF6N9O4S2. The number of para-hydroxylation sites is 1. The molecule has 2 aromatic heterocycles. The van der Waals surface area contributed by atoms with Crippen LogP contribution in [0.25, 0.3) is 0 Å². The van der Waals surface area contributed by atoms with Gasteiger partial charge >= 0.3 is 21.7 Å². The maximum atomic E-state index is 15.0. The van der Waals surface area contributed by atoms with Gasteiger partial charge < -0.3 is 19.8 Å². The summed E-state index contributed by atoms with van der Waals surface area (Å²) in [6, 6.07) is 9.04. The number of halogens is 7. The van der Waals surface area contributed by atoms with Crippen LogP contribution >= 0.6 is 11.6 Å². The fourth-order valence-electron chi connectivity index (χ4n) is 12.3. The largest absolute Gasteiger partial charge is 0.511 e. The molecular weight excluding hydrogens is 956 g/mol. The number of hydrogen-bond donors (Lipinski definition) is 2. The van der Waals surface area contributed by atoms with Gasteiger partial charge in [-0.05, 0) is 92.4 Å². The van der Waals surface area contributed by atoms with Crippen molar-refractivity contribution in [2.24, 2.45) is 17.3 Å². The van der Waals surface area contributed by atoms with Crippen molar-refractivity contribution >= 4 is 43.2 Å². The third-order valence-corrected chi connectivity index (χ3v) is 19.9. The Balaban J connectivity index is 0.923. The summed E-state index contributed by atoms with van der Waals surface area (Å²) in [6.45, 7) is -0.112. The summed E-state index contributed by atoms with van der Waals surface area (Å²) in [5.41, 5.74) is -3.75. The van der Waals surface area contributed by atoms with Gasteiger partial charge in [0.05, 0.1) is 53.4 Å². The second kappa shape index (κ2) is 18.1. The fourth-order valence-corrected chi connectivity index (χ4v) is 15.2. The molecule has 0 amide bonds. The Morgan fingerprint density at radius 3 is 2.22 bits per heavy atom. The molecule has 7 aliphatic rings. The SMILES string of the molecule is O=S(=O)(N1CCCC(c2nc[nH]c2CN2c3ccc(C(F)(F)F)c(Cl)c3CN(S(=O)(=O)C(F)(F)F)CC2C23CC(C2)C3)CC1)N1Cc2ccccc2N(Cc2cnc[nH]2)C(CCC2CCCC2)C1. The number of H-pyrrole nitrogens is 2. The monoisotopic (exact) mass is 1010 g/mol. The summed E-state index contributed by atoms with van der Waals surface area (Å²) in [7, 11) is -9.99. The van der Waals surface area contributed by atoms with E-state index in [0.717, 1.165) is 35.9 Å². The van der Waals surface area contributed by atoms with Gasteiger partial charge in [0.15, 0.2) is 0 Å². The van der Waals surface area contributed by atoms with Crippen molar-refractivity contribution in [1.29, 1.82) is 0 Å². The molecule has 0 spiro atoms. The molecule has 370 valence electrons. The summed E-state index contributed by atoms with van der Waals surface area (Å²) in [4.78, 5) is 19.5. The minimum Gasteiger partial charge on any atom is -0.361 e. The number of aromatic nitrogens is 4. The van der Waals surface area contributed by atoms with Crippen LogP contribution in [0.1, 0.15) is 117 Å². The molecule has 5 heterocycles. The number of nitrogens with zero attached hydrogens (tertiary/aromatic N) is 7. The molecule has 4 aromatic rings. The first kappa shape index (κ1) is 47.8. The number of fused-ring (bicyclic) bond motifs is 2. The predicted octanol–water partition coefficient (Wildman–Crippen LogP) is 9.32. The van der Waals surface area contributed by atoms with E-state index in [4.69, 9.17) is 16.6 Å². The van der Waals surface area contributed by atoms with Crippen LogP contribution in [0.2, 0.25) is 5.02 Å². The highest BCUT2D eigenvalue weighted by Gasteiger charge is 2.64. The van der Waals surface area contributed by atoms with Gasteiger partial charge in [-0.3, -0.25) is 0 Å². The molecule has 1 saturated heterocycles. The predicted molar refractivity (Wildman–Crippen MR) is 244 cm³/mol. The first-order valence-corrected chi connectivity index (χ1v) is 26.8. The Morgan fingerprint density at radius 1 is 0.765 bits per heavy atom. The molecule has 22 heteroatoms. The highest BCUT2D eigenvalue weighted by Crippen LogP contribution is 2.68. The number of aromatic amines is 2. The van der Waals surface area contributed by atoms with E-state index in [1.807, 2.05) is 18.2 Å². The molecule has 5 fully saturated rings. The minimum absolute atomic E-state index is 0.0377.